The summed E-state index contributed by atoms with van der Waals surface area (Å²) in [5.74, 6) is -2.13. The predicted molar refractivity (Wildman–Crippen MR) is 74.8 cm³/mol. The van der Waals surface area contributed by atoms with E-state index >= 15 is 0 Å². The highest BCUT2D eigenvalue weighted by Crippen LogP contribution is 2.30. The second kappa shape index (κ2) is 5.63. The van der Waals surface area contributed by atoms with Crippen LogP contribution in [0.5, 0.6) is 0 Å². The molecule has 0 saturated carbocycles. The highest BCUT2D eigenvalue weighted by Gasteiger charge is 2.15. The van der Waals surface area contributed by atoms with Crippen molar-refractivity contribution in [2.75, 3.05) is 4.42 Å². The molecule has 0 heterocycles. The maximum Gasteiger partial charge on any atom is 0.337 e. The summed E-state index contributed by atoms with van der Waals surface area (Å²) in [4.78, 5) is 21.9. The normalized spacial score (nSPS) is 10.1. The fourth-order valence-electron chi connectivity index (χ4n) is 1.70. The average molecular weight is 292 g/mol. The Balaban J connectivity index is 2.38. The van der Waals surface area contributed by atoms with Crippen LogP contribution in [0.15, 0.2) is 48.5 Å². The number of carboxylic acids is 2. The van der Waals surface area contributed by atoms with Gasteiger partial charge in [-0.2, -0.15) is 0 Å². The second-order valence-corrected chi connectivity index (χ2v) is 4.29. The molecular formula is C14H10ClNO4. The molecule has 6 heteroatoms. The number of para-hydroxylation sites is 1. The summed E-state index contributed by atoms with van der Waals surface area (Å²) in [6, 6.07) is 12.1. The number of carboxylic acid groups (broad SMARTS) is 2. The average Bonchev–Trinajstić information content (AvgIpc) is 2.46. The maximum absolute atomic E-state index is 11.1. The molecule has 0 spiro atoms. The largest absolute Gasteiger partial charge is 0.478 e. The third-order valence-corrected chi connectivity index (χ3v) is 3.06. The topological polar surface area (TPSA) is 77.8 Å². The van der Waals surface area contributed by atoms with E-state index in [-0.39, 0.29) is 11.1 Å². The summed E-state index contributed by atoms with van der Waals surface area (Å²) >= 11 is 6.14. The monoisotopic (exact) mass is 291 g/mol. The number of benzene rings is 2. The summed E-state index contributed by atoms with van der Waals surface area (Å²) in [6.45, 7) is 0. The van der Waals surface area contributed by atoms with E-state index in [0.29, 0.717) is 11.4 Å². The van der Waals surface area contributed by atoms with Gasteiger partial charge < -0.3 is 10.2 Å². The second-order valence-electron chi connectivity index (χ2n) is 3.96. The number of hydrogen-bond acceptors (Lipinski definition) is 3. The molecule has 0 unspecified atom stereocenters. The van der Waals surface area contributed by atoms with Crippen molar-refractivity contribution >= 4 is 35.1 Å². The standard InChI is InChI=1S/C14H10ClNO4/c15-16(10-7-5-9(6-8-10)13(17)18)12-4-2-1-3-11(12)14(19)20/h1-8H,(H,17,18)(H,19,20). The molecule has 5 nitrogen and oxygen atoms in total. The van der Waals surface area contributed by atoms with E-state index in [1.165, 1.54) is 34.8 Å². The molecule has 2 rings (SSSR count). The lowest BCUT2D eigenvalue weighted by Crippen LogP contribution is -2.09. The van der Waals surface area contributed by atoms with Gasteiger partial charge in [0.25, 0.3) is 0 Å². The Bertz CT molecular complexity index is 654. The number of nitrogens with zero attached hydrogens (tertiary/aromatic N) is 1. The van der Waals surface area contributed by atoms with Gasteiger partial charge in [-0.15, -0.1) is 0 Å². The first kappa shape index (κ1) is 13.9. The van der Waals surface area contributed by atoms with Crippen molar-refractivity contribution in [3.8, 4) is 0 Å². The van der Waals surface area contributed by atoms with Gasteiger partial charge >= 0.3 is 11.9 Å². The molecule has 2 aromatic rings. The zero-order valence-corrected chi connectivity index (χ0v) is 10.9. The molecule has 0 amide bonds. The molecule has 2 aromatic carbocycles. The zero-order chi connectivity index (χ0) is 14.7. The van der Waals surface area contributed by atoms with Crippen LogP contribution in [0.3, 0.4) is 0 Å². The Labute approximate surface area is 119 Å². The van der Waals surface area contributed by atoms with Crippen LogP contribution in [0.25, 0.3) is 0 Å². The first-order valence-electron chi connectivity index (χ1n) is 5.62. The van der Waals surface area contributed by atoms with Crippen LogP contribution in [-0.4, -0.2) is 22.2 Å². The Morgan fingerprint density at radius 1 is 0.900 bits per heavy atom. The van der Waals surface area contributed by atoms with Crippen molar-refractivity contribution in [3.05, 3.63) is 59.7 Å². The van der Waals surface area contributed by atoms with E-state index in [0.717, 1.165) is 0 Å². The lowest BCUT2D eigenvalue weighted by atomic mass is 10.1. The third kappa shape index (κ3) is 2.73. The van der Waals surface area contributed by atoms with Gasteiger partial charge in [-0.3, -0.25) is 4.42 Å². The van der Waals surface area contributed by atoms with Gasteiger partial charge in [-0.1, -0.05) is 12.1 Å². The maximum atomic E-state index is 11.1. The van der Waals surface area contributed by atoms with Crippen LogP contribution in [0.4, 0.5) is 11.4 Å². The summed E-state index contributed by atoms with van der Waals surface area (Å²) in [5, 5.41) is 17.9. The minimum absolute atomic E-state index is 0.0600. The molecule has 0 saturated heterocycles. The number of aromatic carboxylic acids is 2. The Morgan fingerprint density at radius 3 is 2.05 bits per heavy atom. The van der Waals surface area contributed by atoms with Crippen LogP contribution in [-0.2, 0) is 0 Å². The molecule has 102 valence electrons. The fraction of sp³-hybridized carbons (Fsp3) is 0. The van der Waals surface area contributed by atoms with Gasteiger partial charge in [-0.05, 0) is 36.4 Å². The number of hydrogen-bond donors (Lipinski definition) is 2. The molecule has 0 aliphatic heterocycles. The van der Waals surface area contributed by atoms with Crippen molar-refractivity contribution < 1.29 is 19.8 Å². The Kier molecular flexibility index (Phi) is 3.91. The van der Waals surface area contributed by atoms with E-state index in [9.17, 15) is 9.59 Å². The number of anilines is 2. The molecule has 0 aliphatic rings. The van der Waals surface area contributed by atoms with Gasteiger partial charge in [0.15, 0.2) is 0 Å². The van der Waals surface area contributed by atoms with Crippen molar-refractivity contribution in [3.63, 3.8) is 0 Å². The first-order chi connectivity index (χ1) is 9.50. The number of carbonyl (C=O) groups is 2. The number of halogens is 1. The zero-order valence-electron chi connectivity index (χ0n) is 10.2. The lowest BCUT2D eigenvalue weighted by molar-refractivity contribution is 0.0686. The van der Waals surface area contributed by atoms with Crippen LogP contribution >= 0.6 is 11.8 Å². The van der Waals surface area contributed by atoms with E-state index < -0.39 is 11.9 Å². The van der Waals surface area contributed by atoms with E-state index in [4.69, 9.17) is 22.0 Å². The fourth-order valence-corrected chi connectivity index (χ4v) is 1.96. The minimum Gasteiger partial charge on any atom is -0.478 e. The summed E-state index contributed by atoms with van der Waals surface area (Å²) in [6.07, 6.45) is 0. The predicted octanol–water partition coefficient (Wildman–Crippen LogP) is 3.37. The molecule has 0 bridgehead atoms. The van der Waals surface area contributed by atoms with Gasteiger partial charge in [0.05, 0.1) is 22.5 Å². The van der Waals surface area contributed by atoms with Crippen LogP contribution < -0.4 is 4.42 Å². The molecule has 0 aliphatic carbocycles. The van der Waals surface area contributed by atoms with Crippen molar-refractivity contribution in [1.82, 2.24) is 0 Å². The van der Waals surface area contributed by atoms with Crippen molar-refractivity contribution in [2.45, 2.75) is 0 Å². The van der Waals surface area contributed by atoms with Crippen molar-refractivity contribution in [2.24, 2.45) is 0 Å². The molecule has 0 atom stereocenters. The molecule has 0 fully saturated rings. The van der Waals surface area contributed by atoms with Gasteiger partial charge in [0.1, 0.15) is 0 Å². The lowest BCUT2D eigenvalue weighted by Gasteiger charge is -2.18. The Hall–Kier alpha value is -2.53. The smallest absolute Gasteiger partial charge is 0.337 e. The van der Waals surface area contributed by atoms with Gasteiger partial charge in [0.2, 0.25) is 0 Å². The SMILES string of the molecule is O=C(O)c1ccc(N(Cl)c2ccccc2C(=O)O)cc1. The van der Waals surface area contributed by atoms with Crippen LogP contribution in [0.2, 0.25) is 0 Å². The Morgan fingerprint density at radius 2 is 1.50 bits per heavy atom. The van der Waals surface area contributed by atoms with E-state index in [2.05, 4.69) is 0 Å². The third-order valence-electron chi connectivity index (χ3n) is 2.69. The summed E-state index contributed by atoms with van der Waals surface area (Å²) in [7, 11) is 0. The first-order valence-corrected chi connectivity index (χ1v) is 5.96. The summed E-state index contributed by atoms with van der Waals surface area (Å²) in [5.41, 5.74) is 0.977. The van der Waals surface area contributed by atoms with E-state index in [1.807, 2.05) is 0 Å². The highest BCUT2D eigenvalue weighted by molar-refractivity contribution is 6.30. The minimum atomic E-state index is -1.09. The highest BCUT2D eigenvalue weighted by atomic mass is 35.5. The van der Waals surface area contributed by atoms with E-state index in [1.54, 1.807) is 18.2 Å². The molecule has 0 aromatic heterocycles. The quantitative estimate of drug-likeness (QED) is 0.844. The van der Waals surface area contributed by atoms with Gasteiger partial charge in [-0.25, -0.2) is 9.59 Å². The van der Waals surface area contributed by atoms with Crippen LogP contribution in [0.1, 0.15) is 20.7 Å². The molecule has 20 heavy (non-hydrogen) atoms. The van der Waals surface area contributed by atoms with Gasteiger partial charge in [0, 0.05) is 11.8 Å². The van der Waals surface area contributed by atoms with Crippen LogP contribution in [0, 0.1) is 0 Å². The molecular weight excluding hydrogens is 282 g/mol. The summed E-state index contributed by atoms with van der Waals surface area (Å²) < 4.78 is 1.18. The molecule has 0 radical (unpaired) electrons. The van der Waals surface area contributed by atoms with Crippen molar-refractivity contribution in [1.29, 1.82) is 0 Å². The number of rotatable bonds is 4. The molecule has 2 N–H and O–H groups in total.